The lowest BCUT2D eigenvalue weighted by molar-refractivity contribution is -0.135. The Morgan fingerprint density at radius 1 is 1.25 bits per heavy atom. The molecule has 1 aliphatic rings. The fraction of sp³-hybridized carbons (Fsp3) is 0.500. The van der Waals surface area contributed by atoms with Crippen molar-refractivity contribution in [1.82, 2.24) is 10.3 Å². The molecule has 1 N–H and O–H groups in total. The normalized spacial score (nSPS) is 14.9. The van der Waals surface area contributed by atoms with Gasteiger partial charge in [0.25, 0.3) is 5.91 Å². The predicted molar refractivity (Wildman–Crippen MR) is 97.0 cm³/mol. The van der Waals surface area contributed by atoms with Crippen LogP contribution in [-0.2, 0) is 9.59 Å². The first kappa shape index (κ1) is 21.4. The van der Waals surface area contributed by atoms with E-state index in [-0.39, 0.29) is 29.7 Å². The molecule has 0 aromatic heterocycles. The van der Waals surface area contributed by atoms with Crippen LogP contribution in [0.2, 0.25) is 0 Å². The zero-order chi connectivity index (χ0) is 20.5. The number of halogens is 2. The van der Waals surface area contributed by atoms with Gasteiger partial charge < -0.3 is 19.1 Å². The molecule has 28 heavy (non-hydrogen) atoms. The molecule has 1 fully saturated rings. The molecule has 0 bridgehead atoms. The Labute approximate surface area is 161 Å². The largest absolute Gasteiger partial charge is 0.493 e. The van der Waals surface area contributed by atoms with E-state index in [1.807, 2.05) is 0 Å². The molecule has 1 heterocycles. The highest BCUT2D eigenvalue weighted by Gasteiger charge is 2.19. The second-order valence-electron chi connectivity index (χ2n) is 6.05. The molecule has 1 aliphatic heterocycles. The van der Waals surface area contributed by atoms with Crippen LogP contribution in [-0.4, -0.2) is 56.8 Å². The third-order valence-electron chi connectivity index (χ3n) is 4.10. The standard InChI is InChI=1S/C18H23F2N3O5/c1-26-13-8-12(9-14(27-2)17(13)28-18(19)20)10-21-22-15(24)11-23-7-5-3-4-6-16(23)25/h8-10,18H,3-7,11H2,1-2H3,(H,22,24)/b21-10-. The summed E-state index contributed by atoms with van der Waals surface area (Å²) in [5.74, 6) is -0.644. The van der Waals surface area contributed by atoms with Crippen LogP contribution in [0.5, 0.6) is 17.2 Å². The molecule has 154 valence electrons. The van der Waals surface area contributed by atoms with Crippen LogP contribution in [0.3, 0.4) is 0 Å². The summed E-state index contributed by atoms with van der Waals surface area (Å²) in [6, 6.07) is 2.82. The van der Waals surface area contributed by atoms with E-state index in [1.54, 1.807) is 0 Å². The van der Waals surface area contributed by atoms with Gasteiger partial charge in [-0.1, -0.05) is 6.42 Å². The Kier molecular flexibility index (Phi) is 7.97. The maximum absolute atomic E-state index is 12.6. The summed E-state index contributed by atoms with van der Waals surface area (Å²) in [7, 11) is 2.60. The minimum Gasteiger partial charge on any atom is -0.493 e. The lowest BCUT2D eigenvalue weighted by atomic mass is 10.2. The lowest BCUT2D eigenvalue weighted by Crippen LogP contribution is -2.39. The van der Waals surface area contributed by atoms with E-state index in [4.69, 9.17) is 9.47 Å². The fourth-order valence-electron chi connectivity index (χ4n) is 2.77. The van der Waals surface area contributed by atoms with Gasteiger partial charge in [-0.25, -0.2) is 5.43 Å². The molecule has 0 aliphatic carbocycles. The molecule has 1 saturated heterocycles. The summed E-state index contributed by atoms with van der Waals surface area (Å²) in [4.78, 5) is 25.4. The molecular formula is C18H23F2N3O5. The van der Waals surface area contributed by atoms with Crippen LogP contribution in [0.15, 0.2) is 17.2 Å². The van der Waals surface area contributed by atoms with Gasteiger partial charge in [0.1, 0.15) is 6.54 Å². The minimum absolute atomic E-state index is 0.0302. The van der Waals surface area contributed by atoms with Crippen LogP contribution in [0.4, 0.5) is 8.78 Å². The van der Waals surface area contributed by atoms with Gasteiger partial charge in [-0.3, -0.25) is 9.59 Å². The summed E-state index contributed by atoms with van der Waals surface area (Å²) >= 11 is 0. The van der Waals surface area contributed by atoms with Gasteiger partial charge in [0.2, 0.25) is 11.7 Å². The smallest absolute Gasteiger partial charge is 0.387 e. The third-order valence-corrected chi connectivity index (χ3v) is 4.10. The molecule has 0 saturated carbocycles. The van der Waals surface area contributed by atoms with E-state index in [9.17, 15) is 18.4 Å². The van der Waals surface area contributed by atoms with Gasteiger partial charge in [-0.15, -0.1) is 0 Å². The van der Waals surface area contributed by atoms with Crippen LogP contribution in [0, 0.1) is 0 Å². The molecule has 0 radical (unpaired) electrons. The van der Waals surface area contributed by atoms with Crippen LogP contribution in [0.1, 0.15) is 31.2 Å². The summed E-state index contributed by atoms with van der Waals surface area (Å²) < 4.78 is 39.6. The molecule has 0 spiro atoms. The Balaban J connectivity index is 2.02. The quantitative estimate of drug-likeness (QED) is 0.535. The third kappa shape index (κ3) is 6.07. The number of amides is 2. The summed E-state index contributed by atoms with van der Waals surface area (Å²) in [6.45, 7) is -2.55. The summed E-state index contributed by atoms with van der Waals surface area (Å²) in [5.41, 5.74) is 2.78. The van der Waals surface area contributed by atoms with Crippen molar-refractivity contribution in [2.75, 3.05) is 27.3 Å². The molecule has 10 heteroatoms. The zero-order valence-corrected chi connectivity index (χ0v) is 15.7. The number of likely N-dealkylation sites (tertiary alicyclic amines) is 1. The first-order valence-corrected chi connectivity index (χ1v) is 8.75. The first-order chi connectivity index (χ1) is 13.4. The number of rotatable bonds is 8. The number of hydrazone groups is 1. The van der Waals surface area contributed by atoms with Gasteiger partial charge in [0.15, 0.2) is 11.5 Å². The maximum atomic E-state index is 12.6. The van der Waals surface area contributed by atoms with Gasteiger partial charge in [0, 0.05) is 18.5 Å². The minimum atomic E-state index is -3.04. The molecule has 8 nitrogen and oxygen atoms in total. The molecule has 2 rings (SSSR count). The van der Waals surface area contributed by atoms with E-state index in [1.165, 1.54) is 37.5 Å². The van der Waals surface area contributed by atoms with Gasteiger partial charge in [-0.05, 0) is 25.0 Å². The number of carbonyl (C=O) groups is 2. The maximum Gasteiger partial charge on any atom is 0.387 e. The number of alkyl halides is 2. The van der Waals surface area contributed by atoms with Crippen LogP contribution >= 0.6 is 0 Å². The zero-order valence-electron chi connectivity index (χ0n) is 15.7. The van der Waals surface area contributed by atoms with Crippen molar-refractivity contribution in [2.45, 2.75) is 32.3 Å². The van der Waals surface area contributed by atoms with E-state index >= 15 is 0 Å². The highest BCUT2D eigenvalue weighted by molar-refractivity contribution is 5.87. The number of nitrogens with zero attached hydrogens (tertiary/aromatic N) is 2. The Hall–Kier alpha value is -2.91. The van der Waals surface area contributed by atoms with Crippen molar-refractivity contribution in [3.8, 4) is 17.2 Å². The Bertz CT molecular complexity index is 702. The molecular weight excluding hydrogens is 376 g/mol. The number of hydrogen-bond acceptors (Lipinski definition) is 6. The van der Waals surface area contributed by atoms with Crippen molar-refractivity contribution in [1.29, 1.82) is 0 Å². The number of benzene rings is 1. The van der Waals surface area contributed by atoms with E-state index in [0.29, 0.717) is 18.5 Å². The summed E-state index contributed by atoms with van der Waals surface area (Å²) in [6.07, 6.45) is 4.43. The number of methoxy groups -OCH3 is 2. The van der Waals surface area contributed by atoms with Crippen molar-refractivity contribution in [3.63, 3.8) is 0 Å². The number of ether oxygens (including phenoxy) is 3. The Morgan fingerprint density at radius 3 is 2.54 bits per heavy atom. The predicted octanol–water partition coefficient (Wildman–Crippen LogP) is 2.16. The van der Waals surface area contributed by atoms with Crippen molar-refractivity contribution < 1.29 is 32.6 Å². The molecule has 1 aromatic rings. The van der Waals surface area contributed by atoms with Gasteiger partial charge in [0.05, 0.1) is 20.4 Å². The molecule has 0 atom stereocenters. The van der Waals surface area contributed by atoms with Gasteiger partial charge >= 0.3 is 6.61 Å². The fourth-order valence-corrected chi connectivity index (χ4v) is 2.77. The molecule has 0 unspecified atom stereocenters. The number of carbonyl (C=O) groups excluding carboxylic acids is 2. The molecule has 1 aromatic carbocycles. The van der Waals surface area contributed by atoms with E-state index in [2.05, 4.69) is 15.3 Å². The topological polar surface area (TPSA) is 89.5 Å². The average Bonchev–Trinajstić information content (AvgIpc) is 2.86. The van der Waals surface area contributed by atoms with Crippen molar-refractivity contribution in [2.24, 2.45) is 5.10 Å². The monoisotopic (exact) mass is 399 g/mol. The van der Waals surface area contributed by atoms with Crippen molar-refractivity contribution in [3.05, 3.63) is 17.7 Å². The van der Waals surface area contributed by atoms with E-state index < -0.39 is 12.5 Å². The lowest BCUT2D eigenvalue weighted by Gasteiger charge is -2.18. The highest BCUT2D eigenvalue weighted by atomic mass is 19.3. The first-order valence-electron chi connectivity index (χ1n) is 8.75. The van der Waals surface area contributed by atoms with Gasteiger partial charge in [-0.2, -0.15) is 13.9 Å². The Morgan fingerprint density at radius 2 is 1.93 bits per heavy atom. The summed E-state index contributed by atoms with van der Waals surface area (Å²) in [5, 5.41) is 3.83. The number of hydrogen-bond donors (Lipinski definition) is 1. The van der Waals surface area contributed by atoms with E-state index in [0.717, 1.165) is 19.3 Å². The van der Waals surface area contributed by atoms with Crippen LogP contribution < -0.4 is 19.6 Å². The highest BCUT2D eigenvalue weighted by Crippen LogP contribution is 2.39. The van der Waals surface area contributed by atoms with Crippen molar-refractivity contribution >= 4 is 18.0 Å². The average molecular weight is 399 g/mol. The SMILES string of the molecule is COc1cc(/C=N\NC(=O)CN2CCCCCC2=O)cc(OC)c1OC(F)F. The second-order valence-corrected chi connectivity index (χ2v) is 6.05. The number of nitrogens with one attached hydrogen (secondary N) is 1. The van der Waals surface area contributed by atoms with Crippen LogP contribution in [0.25, 0.3) is 0 Å². The second kappa shape index (κ2) is 10.4. The molecule has 2 amide bonds.